The second-order valence-corrected chi connectivity index (χ2v) is 11.4. The van der Waals surface area contributed by atoms with Crippen molar-refractivity contribution in [3.8, 4) is 0 Å². The zero-order valence-corrected chi connectivity index (χ0v) is 19.4. The van der Waals surface area contributed by atoms with Crippen LogP contribution in [0.4, 0.5) is 18.9 Å². The second-order valence-electron chi connectivity index (χ2n) is 10.6. The molecule has 3 nitrogen and oxygen atoms in total. The Morgan fingerprint density at radius 1 is 1.06 bits per heavy atom. The first-order chi connectivity index (χ1) is 15.1. The largest absolute Gasteiger partial charge is 0.461 e. The molecule has 5 rings (SSSR count). The van der Waals surface area contributed by atoms with Crippen molar-refractivity contribution in [2.45, 2.75) is 70.4 Å². The topological polar surface area (TPSA) is 45.2 Å². The fourth-order valence-electron chi connectivity index (χ4n) is 7.42. The number of halogens is 3. The zero-order valence-electron chi connectivity index (χ0n) is 18.6. The van der Waals surface area contributed by atoms with Crippen molar-refractivity contribution in [2.75, 3.05) is 4.72 Å². The maximum atomic E-state index is 12.6. The molecule has 4 aliphatic carbocycles. The number of allylic oxidation sites excluding steroid dienone is 3. The Hall–Kier alpha value is -1.47. The standard InChI is InChI=1S/C25H31F3N2OS/c1-23-9-7-18(31)12-16(23)3-4-19-21-6-5-20(24(21,2)10-8-22(19)23)15-11-17(14-29-13-15)30-32-25(26,27)28/h3,5,11,13-14,18-19,21-22,30-31H,4,6-10,12H2,1-2H3/t18?,19?,21-,22?,23?,24?/m0/s1. The lowest BCUT2D eigenvalue weighted by Crippen LogP contribution is -2.49. The molecule has 5 unspecified atom stereocenters. The molecule has 0 saturated heterocycles. The number of fused-ring (bicyclic) bond motifs is 5. The van der Waals surface area contributed by atoms with Crippen molar-refractivity contribution in [2.24, 2.45) is 28.6 Å². The number of hydrogen-bond acceptors (Lipinski definition) is 4. The van der Waals surface area contributed by atoms with E-state index in [1.165, 1.54) is 17.3 Å². The first kappa shape index (κ1) is 22.3. The number of hydrogen-bond donors (Lipinski definition) is 2. The van der Waals surface area contributed by atoms with Gasteiger partial charge in [-0.25, -0.2) is 0 Å². The molecule has 0 bridgehead atoms. The number of nitrogens with one attached hydrogen (secondary N) is 1. The molecule has 1 heterocycles. The zero-order chi connectivity index (χ0) is 22.7. The van der Waals surface area contributed by atoms with Crippen LogP contribution in [0.3, 0.4) is 0 Å². The number of rotatable bonds is 3. The molecule has 174 valence electrons. The van der Waals surface area contributed by atoms with Crippen LogP contribution in [0.5, 0.6) is 0 Å². The minimum Gasteiger partial charge on any atom is -0.393 e. The average molecular weight is 465 g/mol. The molecule has 0 aliphatic heterocycles. The van der Waals surface area contributed by atoms with Gasteiger partial charge in [-0.15, -0.1) is 0 Å². The van der Waals surface area contributed by atoms with E-state index >= 15 is 0 Å². The Labute approximate surface area is 192 Å². The van der Waals surface area contributed by atoms with E-state index in [9.17, 15) is 18.3 Å². The number of aliphatic hydroxyl groups is 1. The van der Waals surface area contributed by atoms with Gasteiger partial charge in [0.25, 0.3) is 0 Å². The first-order valence-electron chi connectivity index (χ1n) is 11.6. The summed E-state index contributed by atoms with van der Waals surface area (Å²) in [5.41, 5.74) is -0.0896. The van der Waals surface area contributed by atoms with E-state index in [0.717, 1.165) is 50.5 Å². The van der Waals surface area contributed by atoms with E-state index in [1.807, 2.05) is 0 Å². The van der Waals surface area contributed by atoms with Crippen molar-refractivity contribution < 1.29 is 18.3 Å². The molecule has 0 spiro atoms. The summed E-state index contributed by atoms with van der Waals surface area (Å²) in [5, 5.41) is 10.2. The molecule has 0 radical (unpaired) electrons. The van der Waals surface area contributed by atoms with Crippen molar-refractivity contribution >= 4 is 23.2 Å². The van der Waals surface area contributed by atoms with E-state index < -0.39 is 5.51 Å². The predicted octanol–water partition coefficient (Wildman–Crippen LogP) is 6.98. The van der Waals surface area contributed by atoms with Gasteiger partial charge in [0, 0.05) is 6.20 Å². The molecule has 6 atom stereocenters. The highest BCUT2D eigenvalue weighted by Gasteiger charge is 2.56. The fourth-order valence-corrected chi connectivity index (χ4v) is 7.76. The summed E-state index contributed by atoms with van der Waals surface area (Å²) in [6.07, 6.45) is 14.9. The number of aromatic nitrogens is 1. The summed E-state index contributed by atoms with van der Waals surface area (Å²) in [4.78, 5) is 4.23. The maximum Gasteiger partial charge on any atom is 0.461 e. The summed E-state index contributed by atoms with van der Waals surface area (Å²) in [5.74, 6) is 1.80. The smallest absolute Gasteiger partial charge is 0.393 e. The molecule has 32 heavy (non-hydrogen) atoms. The Morgan fingerprint density at radius 2 is 1.84 bits per heavy atom. The van der Waals surface area contributed by atoms with Gasteiger partial charge < -0.3 is 9.83 Å². The van der Waals surface area contributed by atoms with E-state index in [2.05, 4.69) is 35.7 Å². The molecule has 2 saturated carbocycles. The lowest BCUT2D eigenvalue weighted by Gasteiger charge is -2.57. The van der Waals surface area contributed by atoms with Crippen LogP contribution in [-0.2, 0) is 0 Å². The Bertz CT molecular complexity index is 961. The molecule has 1 aromatic heterocycles. The van der Waals surface area contributed by atoms with Gasteiger partial charge in [-0.2, -0.15) is 13.2 Å². The molecular formula is C25H31F3N2OS. The van der Waals surface area contributed by atoms with Crippen LogP contribution in [-0.4, -0.2) is 21.7 Å². The third kappa shape index (κ3) is 3.69. The summed E-state index contributed by atoms with van der Waals surface area (Å²) in [6.45, 7) is 4.77. The van der Waals surface area contributed by atoms with Gasteiger partial charge >= 0.3 is 5.51 Å². The van der Waals surface area contributed by atoms with Crippen LogP contribution >= 0.6 is 11.9 Å². The van der Waals surface area contributed by atoms with Crippen LogP contribution in [0.2, 0.25) is 0 Å². The average Bonchev–Trinajstić information content (AvgIpc) is 3.10. The van der Waals surface area contributed by atoms with E-state index in [0.29, 0.717) is 23.4 Å². The predicted molar refractivity (Wildman–Crippen MR) is 123 cm³/mol. The van der Waals surface area contributed by atoms with Crippen molar-refractivity contribution in [1.29, 1.82) is 0 Å². The van der Waals surface area contributed by atoms with E-state index in [-0.39, 0.29) is 28.9 Å². The molecular weight excluding hydrogens is 433 g/mol. The fraction of sp³-hybridized carbons (Fsp3) is 0.640. The van der Waals surface area contributed by atoms with Gasteiger partial charge in [-0.1, -0.05) is 31.6 Å². The maximum absolute atomic E-state index is 12.6. The van der Waals surface area contributed by atoms with Crippen LogP contribution in [0.15, 0.2) is 36.2 Å². The third-order valence-electron chi connectivity index (χ3n) is 8.99. The number of pyridine rings is 1. The lowest BCUT2D eigenvalue weighted by molar-refractivity contribution is -0.0323. The van der Waals surface area contributed by atoms with Crippen LogP contribution < -0.4 is 4.72 Å². The number of alkyl halides is 3. The van der Waals surface area contributed by atoms with Gasteiger partial charge in [0.15, 0.2) is 0 Å². The van der Waals surface area contributed by atoms with Crippen molar-refractivity contribution in [3.63, 3.8) is 0 Å². The first-order valence-corrected chi connectivity index (χ1v) is 12.5. The highest BCUT2D eigenvalue weighted by atomic mass is 32.2. The van der Waals surface area contributed by atoms with E-state index in [4.69, 9.17) is 0 Å². The minimum atomic E-state index is -4.34. The van der Waals surface area contributed by atoms with Gasteiger partial charge in [0.1, 0.15) is 0 Å². The van der Waals surface area contributed by atoms with Gasteiger partial charge in [0.05, 0.1) is 29.9 Å². The minimum absolute atomic E-state index is 0.0223. The van der Waals surface area contributed by atoms with Crippen LogP contribution in [0, 0.1) is 28.6 Å². The molecule has 7 heteroatoms. The Kier molecular flexibility index (Phi) is 5.44. The number of anilines is 1. The quantitative estimate of drug-likeness (QED) is 0.374. The summed E-state index contributed by atoms with van der Waals surface area (Å²) >= 11 is -0.249. The van der Waals surface area contributed by atoms with Crippen LogP contribution in [0.1, 0.15) is 64.4 Å². The third-order valence-corrected chi connectivity index (χ3v) is 9.56. The highest BCUT2D eigenvalue weighted by molar-refractivity contribution is 8.01. The molecule has 4 aliphatic rings. The van der Waals surface area contributed by atoms with Crippen molar-refractivity contribution in [3.05, 3.63) is 41.7 Å². The van der Waals surface area contributed by atoms with Crippen LogP contribution in [0.25, 0.3) is 5.57 Å². The van der Waals surface area contributed by atoms with Gasteiger partial charge in [-0.3, -0.25) is 4.98 Å². The Balaban J connectivity index is 1.39. The highest BCUT2D eigenvalue weighted by Crippen LogP contribution is 2.66. The molecule has 2 N–H and O–H groups in total. The number of nitrogens with zero attached hydrogens (tertiary/aromatic N) is 1. The molecule has 0 amide bonds. The molecule has 2 fully saturated rings. The normalized spacial score (nSPS) is 38.8. The van der Waals surface area contributed by atoms with Gasteiger partial charge in [0.2, 0.25) is 0 Å². The number of aliphatic hydroxyl groups excluding tert-OH is 1. The Morgan fingerprint density at radius 3 is 2.62 bits per heavy atom. The summed E-state index contributed by atoms with van der Waals surface area (Å²) < 4.78 is 40.2. The van der Waals surface area contributed by atoms with Gasteiger partial charge in [-0.05, 0) is 90.7 Å². The van der Waals surface area contributed by atoms with E-state index in [1.54, 1.807) is 12.3 Å². The SMILES string of the molecule is CC12CCC(O)CC1=CCC1C2CCC2(C)C(c3cncc(NSC(F)(F)F)c3)=CC[C@@H]12. The van der Waals surface area contributed by atoms with Crippen molar-refractivity contribution in [1.82, 2.24) is 4.98 Å². The molecule has 1 aromatic rings. The monoisotopic (exact) mass is 464 g/mol. The summed E-state index contributed by atoms with van der Waals surface area (Å²) in [6, 6.07) is 1.81. The summed E-state index contributed by atoms with van der Waals surface area (Å²) in [7, 11) is 0. The second kappa shape index (κ2) is 7.79. The molecule has 0 aromatic carbocycles. The lowest BCUT2D eigenvalue weighted by atomic mass is 9.47.